The Morgan fingerprint density at radius 2 is 1.55 bits per heavy atom. The van der Waals surface area contributed by atoms with Crippen LogP contribution in [0.2, 0.25) is 0 Å². The standard InChI is InChI=1S/C35H35N3O6/c1-23-16-17-31(36-38-19-18-30(39)33(32(38)34(40)42-2)43-21-24-10-4-3-5-11-24)37(20-23)35(41)44-22-29-27-14-8-6-12-25(27)26-13-7-9-15-28(26)29/h3-15,18-19,23,29,31,36H,16-17,20-22H2,1-2H3/t23-,31?/m1/s1. The summed E-state index contributed by atoms with van der Waals surface area (Å²) in [6.07, 6.45) is 1.97. The van der Waals surface area contributed by atoms with Crippen LogP contribution in [0.15, 0.2) is 95.9 Å². The highest BCUT2D eigenvalue weighted by Crippen LogP contribution is 2.44. The zero-order chi connectivity index (χ0) is 30.6. The van der Waals surface area contributed by atoms with Gasteiger partial charge in [0.15, 0.2) is 11.4 Å². The molecule has 9 heteroatoms. The average Bonchev–Trinajstić information content (AvgIpc) is 3.38. The molecule has 1 aromatic heterocycles. The number of nitrogens with one attached hydrogen (secondary N) is 1. The Hall–Kier alpha value is -5.05. The van der Waals surface area contributed by atoms with Gasteiger partial charge in [-0.05, 0) is 46.6 Å². The predicted molar refractivity (Wildman–Crippen MR) is 166 cm³/mol. The van der Waals surface area contributed by atoms with Crippen molar-refractivity contribution in [3.05, 3.63) is 124 Å². The third-order valence-corrected chi connectivity index (χ3v) is 8.34. The monoisotopic (exact) mass is 593 g/mol. The number of benzene rings is 3. The van der Waals surface area contributed by atoms with Crippen molar-refractivity contribution in [2.45, 2.75) is 38.5 Å². The SMILES string of the molecule is COC(=O)c1c(OCc2ccccc2)c(=O)ccn1NC1CC[C@@H](C)CN1C(=O)OCC1c2ccccc2-c2ccccc21. The van der Waals surface area contributed by atoms with Crippen molar-refractivity contribution < 1.29 is 23.8 Å². The maximum atomic E-state index is 13.7. The van der Waals surface area contributed by atoms with E-state index in [9.17, 15) is 14.4 Å². The first kappa shape index (κ1) is 29.0. The van der Waals surface area contributed by atoms with E-state index in [0.29, 0.717) is 13.0 Å². The molecule has 9 nitrogen and oxygen atoms in total. The summed E-state index contributed by atoms with van der Waals surface area (Å²) in [6.45, 7) is 2.86. The molecule has 0 radical (unpaired) electrons. The zero-order valence-corrected chi connectivity index (χ0v) is 24.8. The molecule has 1 saturated heterocycles. The third-order valence-electron chi connectivity index (χ3n) is 8.34. The fourth-order valence-corrected chi connectivity index (χ4v) is 6.11. The molecule has 0 saturated carbocycles. The van der Waals surface area contributed by atoms with Gasteiger partial charge in [0.05, 0.1) is 7.11 Å². The number of methoxy groups -OCH3 is 1. The van der Waals surface area contributed by atoms with Gasteiger partial charge in [-0.1, -0.05) is 85.8 Å². The highest BCUT2D eigenvalue weighted by Gasteiger charge is 2.35. The molecule has 44 heavy (non-hydrogen) atoms. The first-order valence-corrected chi connectivity index (χ1v) is 14.8. The second-order valence-electron chi connectivity index (χ2n) is 11.3. The van der Waals surface area contributed by atoms with Gasteiger partial charge >= 0.3 is 12.1 Å². The molecule has 0 bridgehead atoms. The number of aromatic nitrogens is 1. The highest BCUT2D eigenvalue weighted by atomic mass is 16.6. The van der Waals surface area contributed by atoms with E-state index in [2.05, 4.69) is 36.6 Å². The Morgan fingerprint density at radius 1 is 0.886 bits per heavy atom. The number of nitrogens with zero attached hydrogens (tertiary/aromatic N) is 2. The Kier molecular flexibility index (Phi) is 8.36. The first-order valence-electron chi connectivity index (χ1n) is 14.8. The molecule has 1 N–H and O–H groups in total. The average molecular weight is 594 g/mol. The van der Waals surface area contributed by atoms with Gasteiger partial charge in [0.1, 0.15) is 19.4 Å². The second kappa shape index (κ2) is 12.7. The van der Waals surface area contributed by atoms with Crippen LogP contribution in [-0.4, -0.2) is 48.1 Å². The Morgan fingerprint density at radius 3 is 2.23 bits per heavy atom. The Labute approximate surface area is 256 Å². The summed E-state index contributed by atoms with van der Waals surface area (Å²) in [5, 5.41) is 0. The molecular formula is C35H35N3O6. The number of hydrogen-bond donors (Lipinski definition) is 1. The van der Waals surface area contributed by atoms with Gasteiger partial charge in [-0.3, -0.25) is 14.4 Å². The van der Waals surface area contributed by atoms with E-state index >= 15 is 0 Å². The van der Waals surface area contributed by atoms with Crippen LogP contribution in [0.4, 0.5) is 4.79 Å². The molecule has 1 aliphatic carbocycles. The smallest absolute Gasteiger partial charge is 0.411 e. The third kappa shape index (κ3) is 5.77. The molecular weight excluding hydrogens is 558 g/mol. The molecule has 3 aromatic carbocycles. The van der Waals surface area contributed by atoms with Gasteiger partial charge in [-0.15, -0.1) is 0 Å². The summed E-state index contributed by atoms with van der Waals surface area (Å²) >= 11 is 0. The van der Waals surface area contributed by atoms with Crippen LogP contribution >= 0.6 is 0 Å². The van der Waals surface area contributed by atoms with Crippen molar-refractivity contribution in [2.24, 2.45) is 5.92 Å². The summed E-state index contributed by atoms with van der Waals surface area (Å²) in [6, 6.07) is 27.1. The summed E-state index contributed by atoms with van der Waals surface area (Å²) in [4.78, 5) is 41.2. The molecule has 1 unspecified atom stereocenters. The summed E-state index contributed by atoms with van der Waals surface area (Å²) in [5.41, 5.74) is 8.17. The van der Waals surface area contributed by atoms with Crippen LogP contribution in [0.5, 0.6) is 5.75 Å². The maximum Gasteiger partial charge on any atom is 0.411 e. The fourth-order valence-electron chi connectivity index (χ4n) is 6.11. The second-order valence-corrected chi connectivity index (χ2v) is 11.3. The van der Waals surface area contributed by atoms with Gasteiger partial charge in [0, 0.05) is 24.7 Å². The zero-order valence-electron chi connectivity index (χ0n) is 24.8. The van der Waals surface area contributed by atoms with Gasteiger partial charge < -0.3 is 19.6 Å². The summed E-state index contributed by atoms with van der Waals surface area (Å²) in [7, 11) is 1.25. The highest BCUT2D eigenvalue weighted by molar-refractivity contribution is 5.90. The van der Waals surface area contributed by atoms with Gasteiger partial charge in [0.25, 0.3) is 0 Å². The van der Waals surface area contributed by atoms with Gasteiger partial charge in [-0.25, -0.2) is 9.59 Å². The summed E-state index contributed by atoms with van der Waals surface area (Å²) < 4.78 is 18.3. The largest absolute Gasteiger partial charge is 0.482 e. The normalized spacial score (nSPS) is 17.4. The van der Waals surface area contributed by atoms with E-state index in [0.717, 1.165) is 34.2 Å². The van der Waals surface area contributed by atoms with E-state index in [1.807, 2.05) is 54.6 Å². The summed E-state index contributed by atoms with van der Waals surface area (Å²) in [5.74, 6) is -0.677. The maximum absolute atomic E-state index is 13.7. The van der Waals surface area contributed by atoms with E-state index in [-0.39, 0.29) is 36.5 Å². The number of fused-ring (bicyclic) bond motifs is 3. The van der Waals surface area contributed by atoms with E-state index < -0.39 is 23.7 Å². The fraction of sp³-hybridized carbons (Fsp3) is 0.286. The number of piperidine rings is 1. The Balaban J connectivity index is 1.23. The minimum Gasteiger partial charge on any atom is -0.482 e. The van der Waals surface area contributed by atoms with Crippen LogP contribution < -0.4 is 15.6 Å². The molecule has 2 heterocycles. The molecule has 2 aliphatic rings. The molecule has 1 fully saturated rings. The van der Waals surface area contributed by atoms with E-state index in [1.165, 1.54) is 24.0 Å². The molecule has 2 atom stereocenters. The minimum atomic E-state index is -0.741. The molecule has 4 aromatic rings. The minimum absolute atomic E-state index is 0.0609. The van der Waals surface area contributed by atoms with Gasteiger partial charge in [0.2, 0.25) is 5.43 Å². The lowest BCUT2D eigenvalue weighted by Crippen LogP contribution is -2.53. The molecule has 1 aliphatic heterocycles. The van der Waals surface area contributed by atoms with Crippen LogP contribution in [0, 0.1) is 5.92 Å². The lowest BCUT2D eigenvalue weighted by Gasteiger charge is -2.39. The van der Waals surface area contributed by atoms with Crippen molar-refractivity contribution in [1.82, 2.24) is 9.58 Å². The van der Waals surface area contributed by atoms with Crippen LogP contribution in [0.25, 0.3) is 11.1 Å². The number of likely N-dealkylation sites (tertiary alicyclic amines) is 1. The topological polar surface area (TPSA) is 99.1 Å². The lowest BCUT2D eigenvalue weighted by atomic mass is 9.98. The quantitative estimate of drug-likeness (QED) is 0.259. The number of carbonyl (C=O) groups is 2. The number of rotatable bonds is 8. The lowest BCUT2D eigenvalue weighted by molar-refractivity contribution is 0.0569. The van der Waals surface area contributed by atoms with E-state index in [4.69, 9.17) is 14.2 Å². The molecule has 0 spiro atoms. The molecule has 6 rings (SSSR count). The van der Waals surface area contributed by atoms with Crippen molar-refractivity contribution in [3.8, 4) is 16.9 Å². The number of esters is 1. The number of carbonyl (C=O) groups excluding carboxylic acids is 2. The van der Waals surface area contributed by atoms with E-state index in [1.54, 1.807) is 4.90 Å². The van der Waals surface area contributed by atoms with Crippen LogP contribution in [0.1, 0.15) is 52.9 Å². The number of hydrogen-bond acceptors (Lipinski definition) is 7. The van der Waals surface area contributed by atoms with Crippen molar-refractivity contribution in [1.29, 1.82) is 0 Å². The predicted octanol–water partition coefficient (Wildman–Crippen LogP) is 5.76. The first-order chi connectivity index (χ1) is 21.4. The van der Waals surface area contributed by atoms with Crippen molar-refractivity contribution >= 4 is 12.1 Å². The van der Waals surface area contributed by atoms with Crippen LogP contribution in [-0.2, 0) is 16.1 Å². The number of pyridine rings is 1. The van der Waals surface area contributed by atoms with Crippen LogP contribution in [0.3, 0.4) is 0 Å². The number of ether oxygens (including phenoxy) is 3. The van der Waals surface area contributed by atoms with Crippen molar-refractivity contribution in [2.75, 3.05) is 25.7 Å². The Bertz CT molecular complexity index is 1670. The molecule has 1 amide bonds. The van der Waals surface area contributed by atoms with Gasteiger partial charge in [-0.2, -0.15) is 0 Å². The number of amides is 1. The van der Waals surface area contributed by atoms with Crippen molar-refractivity contribution in [3.63, 3.8) is 0 Å². The molecule has 226 valence electrons.